The third-order valence-corrected chi connectivity index (χ3v) is 5.28. The van der Waals surface area contributed by atoms with E-state index in [1.54, 1.807) is 0 Å². The smallest absolute Gasteiger partial charge is 0.254 e. The van der Waals surface area contributed by atoms with Crippen molar-refractivity contribution >= 4 is 28.5 Å². The van der Waals surface area contributed by atoms with E-state index in [0.717, 1.165) is 45.6 Å². The Kier molecular flexibility index (Phi) is 4.35. The number of fused-ring (bicyclic) bond motifs is 1. The zero-order valence-electron chi connectivity index (χ0n) is 13.2. The topological polar surface area (TPSA) is 38.8 Å². The Morgan fingerprint density at radius 3 is 2.58 bits per heavy atom. The summed E-state index contributed by atoms with van der Waals surface area (Å²) in [5.41, 5.74) is 1.87. The standard InChI is InChI=1S/C19H18INO3/c20-15-6-3-13(4-7-15)19(22)21-9-1-2-16(21)14-5-8-17-18(12-14)24-11-10-23-17/h3-8,12,16H,1-2,9-11H2. The van der Waals surface area contributed by atoms with Gasteiger partial charge in [0.25, 0.3) is 5.91 Å². The Bertz CT molecular complexity index is 760. The van der Waals surface area contributed by atoms with Gasteiger partial charge in [0.2, 0.25) is 0 Å². The maximum Gasteiger partial charge on any atom is 0.254 e. The molecule has 2 aliphatic heterocycles. The van der Waals surface area contributed by atoms with Crippen molar-refractivity contribution in [3.8, 4) is 11.5 Å². The van der Waals surface area contributed by atoms with Gasteiger partial charge in [0.15, 0.2) is 11.5 Å². The zero-order valence-corrected chi connectivity index (χ0v) is 15.4. The third kappa shape index (κ3) is 2.97. The number of benzene rings is 2. The van der Waals surface area contributed by atoms with Crippen LogP contribution in [0.4, 0.5) is 0 Å². The molecule has 4 rings (SSSR count). The van der Waals surface area contributed by atoms with Crippen molar-refractivity contribution in [2.45, 2.75) is 18.9 Å². The molecule has 1 amide bonds. The Hall–Kier alpha value is -1.76. The average Bonchev–Trinajstić information content (AvgIpc) is 3.11. The molecule has 0 bridgehead atoms. The van der Waals surface area contributed by atoms with Crippen molar-refractivity contribution in [3.63, 3.8) is 0 Å². The number of rotatable bonds is 2. The minimum Gasteiger partial charge on any atom is -0.486 e. The molecule has 1 saturated heterocycles. The van der Waals surface area contributed by atoms with Crippen molar-refractivity contribution in [2.75, 3.05) is 19.8 Å². The zero-order chi connectivity index (χ0) is 16.5. The number of hydrogen-bond acceptors (Lipinski definition) is 3. The van der Waals surface area contributed by atoms with E-state index in [0.29, 0.717) is 13.2 Å². The van der Waals surface area contributed by atoms with Gasteiger partial charge in [-0.15, -0.1) is 0 Å². The first kappa shape index (κ1) is 15.7. The second kappa shape index (κ2) is 6.63. The number of amides is 1. The number of carbonyl (C=O) groups is 1. The van der Waals surface area contributed by atoms with Crippen LogP contribution in [0.3, 0.4) is 0 Å². The molecule has 0 saturated carbocycles. The SMILES string of the molecule is O=C(c1ccc(I)cc1)N1CCCC1c1ccc2c(c1)OCCO2. The maximum atomic E-state index is 12.9. The lowest BCUT2D eigenvalue weighted by molar-refractivity contribution is 0.0735. The van der Waals surface area contributed by atoms with Crippen molar-refractivity contribution in [2.24, 2.45) is 0 Å². The molecule has 2 aliphatic rings. The van der Waals surface area contributed by atoms with Crippen LogP contribution >= 0.6 is 22.6 Å². The summed E-state index contributed by atoms with van der Waals surface area (Å²) in [6.07, 6.45) is 2.00. The van der Waals surface area contributed by atoms with Gasteiger partial charge in [-0.1, -0.05) is 6.07 Å². The summed E-state index contributed by atoms with van der Waals surface area (Å²) in [7, 11) is 0. The molecule has 1 atom stereocenters. The van der Waals surface area contributed by atoms with Crippen molar-refractivity contribution in [1.82, 2.24) is 4.90 Å². The van der Waals surface area contributed by atoms with Gasteiger partial charge in [-0.3, -0.25) is 4.79 Å². The molecule has 24 heavy (non-hydrogen) atoms. The molecule has 2 aromatic carbocycles. The lowest BCUT2D eigenvalue weighted by atomic mass is 10.0. The molecule has 1 unspecified atom stereocenters. The second-order valence-electron chi connectivity index (χ2n) is 6.07. The fourth-order valence-electron chi connectivity index (χ4n) is 3.38. The van der Waals surface area contributed by atoms with Crippen molar-refractivity contribution in [3.05, 3.63) is 57.2 Å². The Balaban J connectivity index is 1.60. The van der Waals surface area contributed by atoms with E-state index in [4.69, 9.17) is 9.47 Å². The van der Waals surface area contributed by atoms with Crippen molar-refractivity contribution < 1.29 is 14.3 Å². The highest BCUT2D eigenvalue weighted by Gasteiger charge is 2.31. The molecule has 0 aliphatic carbocycles. The summed E-state index contributed by atoms with van der Waals surface area (Å²) in [5, 5.41) is 0. The number of carbonyl (C=O) groups excluding carboxylic acids is 1. The molecular weight excluding hydrogens is 417 g/mol. The van der Waals surface area contributed by atoms with E-state index < -0.39 is 0 Å². The largest absolute Gasteiger partial charge is 0.486 e. The van der Waals surface area contributed by atoms with Gasteiger partial charge < -0.3 is 14.4 Å². The first-order valence-electron chi connectivity index (χ1n) is 8.18. The summed E-state index contributed by atoms with van der Waals surface area (Å²) in [4.78, 5) is 14.9. The van der Waals surface area contributed by atoms with Crippen LogP contribution in [0.2, 0.25) is 0 Å². The minimum absolute atomic E-state index is 0.101. The summed E-state index contributed by atoms with van der Waals surface area (Å²) in [5.74, 6) is 1.68. The average molecular weight is 435 g/mol. The number of likely N-dealkylation sites (tertiary alicyclic amines) is 1. The maximum absolute atomic E-state index is 12.9. The van der Waals surface area contributed by atoms with Gasteiger partial charge in [0.05, 0.1) is 6.04 Å². The number of ether oxygens (including phenoxy) is 2. The highest BCUT2D eigenvalue weighted by molar-refractivity contribution is 14.1. The molecule has 0 N–H and O–H groups in total. The highest BCUT2D eigenvalue weighted by atomic mass is 127. The van der Waals surface area contributed by atoms with E-state index in [2.05, 4.69) is 28.7 Å². The fraction of sp³-hybridized carbons (Fsp3) is 0.316. The van der Waals surface area contributed by atoms with Gasteiger partial charge in [-0.2, -0.15) is 0 Å². The molecule has 4 nitrogen and oxygen atoms in total. The van der Waals surface area contributed by atoms with Gasteiger partial charge in [0, 0.05) is 15.7 Å². The van der Waals surface area contributed by atoms with Crippen LogP contribution in [-0.4, -0.2) is 30.6 Å². The number of hydrogen-bond donors (Lipinski definition) is 0. The van der Waals surface area contributed by atoms with Crippen LogP contribution < -0.4 is 9.47 Å². The van der Waals surface area contributed by atoms with Gasteiger partial charge in [0.1, 0.15) is 13.2 Å². The van der Waals surface area contributed by atoms with Gasteiger partial charge >= 0.3 is 0 Å². The van der Waals surface area contributed by atoms with Crippen LogP contribution in [0.5, 0.6) is 11.5 Å². The van der Waals surface area contributed by atoms with E-state index in [1.807, 2.05) is 41.3 Å². The highest BCUT2D eigenvalue weighted by Crippen LogP contribution is 2.38. The molecule has 0 spiro atoms. The minimum atomic E-state index is 0.101. The Morgan fingerprint density at radius 2 is 1.79 bits per heavy atom. The lowest BCUT2D eigenvalue weighted by Crippen LogP contribution is -2.30. The lowest BCUT2D eigenvalue weighted by Gasteiger charge is -2.27. The third-order valence-electron chi connectivity index (χ3n) is 4.56. The predicted molar refractivity (Wildman–Crippen MR) is 99.6 cm³/mol. The Labute approximate surface area is 154 Å². The first-order chi connectivity index (χ1) is 11.7. The van der Waals surface area contributed by atoms with Crippen LogP contribution in [0, 0.1) is 3.57 Å². The molecular formula is C19H18INO3. The molecule has 5 heteroatoms. The summed E-state index contributed by atoms with van der Waals surface area (Å²) in [6.45, 7) is 1.96. The molecule has 0 aromatic heterocycles. The van der Waals surface area contributed by atoms with E-state index in [-0.39, 0.29) is 11.9 Å². The number of nitrogens with zero attached hydrogens (tertiary/aromatic N) is 1. The molecule has 124 valence electrons. The first-order valence-corrected chi connectivity index (χ1v) is 9.26. The van der Waals surface area contributed by atoms with E-state index in [1.165, 1.54) is 0 Å². The molecule has 2 heterocycles. The van der Waals surface area contributed by atoms with E-state index >= 15 is 0 Å². The van der Waals surface area contributed by atoms with Crippen LogP contribution in [0.1, 0.15) is 34.8 Å². The summed E-state index contributed by atoms with van der Waals surface area (Å²) < 4.78 is 12.4. The second-order valence-corrected chi connectivity index (χ2v) is 7.31. The normalized spacial score (nSPS) is 19.4. The van der Waals surface area contributed by atoms with Crippen LogP contribution in [-0.2, 0) is 0 Å². The van der Waals surface area contributed by atoms with E-state index in [9.17, 15) is 4.79 Å². The predicted octanol–water partition coefficient (Wildman–Crippen LogP) is 4.04. The molecule has 1 fully saturated rings. The number of halogens is 1. The van der Waals surface area contributed by atoms with Crippen LogP contribution in [0.25, 0.3) is 0 Å². The summed E-state index contributed by atoms with van der Waals surface area (Å²) in [6, 6.07) is 13.9. The summed E-state index contributed by atoms with van der Waals surface area (Å²) >= 11 is 2.25. The molecule has 2 aromatic rings. The Morgan fingerprint density at radius 1 is 1.04 bits per heavy atom. The van der Waals surface area contributed by atoms with Crippen LogP contribution in [0.15, 0.2) is 42.5 Å². The quantitative estimate of drug-likeness (QED) is 0.669. The molecule has 0 radical (unpaired) electrons. The van der Waals surface area contributed by atoms with Gasteiger partial charge in [-0.05, 0) is 77.4 Å². The fourth-order valence-corrected chi connectivity index (χ4v) is 3.74. The monoisotopic (exact) mass is 435 g/mol. The van der Waals surface area contributed by atoms with Gasteiger partial charge in [-0.25, -0.2) is 0 Å². The van der Waals surface area contributed by atoms with Crippen molar-refractivity contribution in [1.29, 1.82) is 0 Å².